The topological polar surface area (TPSA) is 9.72 Å². The monoisotopic (exact) mass is 250 g/mol. The second-order valence-corrected chi connectivity index (χ2v) is 5.41. The van der Waals surface area contributed by atoms with E-state index in [0.29, 0.717) is 0 Å². The number of quaternary nitrogens is 1. The number of nitrogens with zero attached hydrogens (tertiary/aromatic N) is 4. The molecule has 0 aromatic rings. The predicted octanol–water partition coefficient (Wildman–Crippen LogP) is -2.75. The van der Waals surface area contributed by atoms with Crippen LogP contribution in [0.25, 0.3) is 0 Å². The average molecular weight is 251 g/mol. The molecule has 4 bridgehead atoms. The zero-order chi connectivity index (χ0) is 9.76. The summed E-state index contributed by atoms with van der Waals surface area (Å²) in [6, 6.07) is 0. The van der Waals surface area contributed by atoms with Crippen LogP contribution in [-0.4, -0.2) is 65.7 Å². The first-order valence-electron chi connectivity index (χ1n) is 5.01. The highest BCUT2D eigenvalue weighted by molar-refractivity contribution is 6.29. The van der Waals surface area contributed by atoms with Crippen LogP contribution in [0.3, 0.4) is 0 Å². The van der Waals surface area contributed by atoms with E-state index in [2.05, 4.69) is 21.3 Å². The van der Waals surface area contributed by atoms with Gasteiger partial charge in [0.1, 0.15) is 26.6 Å². The van der Waals surface area contributed by atoms with Crippen molar-refractivity contribution in [2.45, 2.75) is 0 Å². The minimum Gasteiger partial charge on any atom is -1.00 e. The SMILES string of the molecule is C=C(Cl)C[N+]12CN3CN(CN(C3)C1)C2.[Cl-]. The second-order valence-electron chi connectivity index (χ2n) is 4.88. The highest BCUT2D eigenvalue weighted by atomic mass is 35.5. The van der Waals surface area contributed by atoms with E-state index >= 15 is 0 Å². The highest BCUT2D eigenvalue weighted by Gasteiger charge is 2.48. The van der Waals surface area contributed by atoms with E-state index < -0.39 is 0 Å². The maximum Gasteiger partial charge on any atom is 0.139 e. The molecule has 4 heterocycles. The second kappa shape index (κ2) is 3.87. The summed E-state index contributed by atoms with van der Waals surface area (Å²) >= 11 is 5.95. The lowest BCUT2D eigenvalue weighted by molar-refractivity contribution is -0.975. The number of halogens is 2. The summed E-state index contributed by atoms with van der Waals surface area (Å²) in [5.41, 5.74) is 0. The first-order valence-corrected chi connectivity index (χ1v) is 5.39. The van der Waals surface area contributed by atoms with Crippen LogP contribution in [0.5, 0.6) is 0 Å². The Labute approximate surface area is 102 Å². The summed E-state index contributed by atoms with van der Waals surface area (Å²) < 4.78 is 1.06. The van der Waals surface area contributed by atoms with Crippen molar-refractivity contribution < 1.29 is 16.9 Å². The summed E-state index contributed by atoms with van der Waals surface area (Å²) in [6.45, 7) is 11.5. The van der Waals surface area contributed by atoms with Gasteiger partial charge >= 0.3 is 0 Å². The molecule has 0 radical (unpaired) electrons. The lowest BCUT2D eigenvalue weighted by Crippen LogP contribution is -3.00. The molecule has 4 aliphatic rings. The van der Waals surface area contributed by atoms with Gasteiger partial charge in [-0.2, -0.15) is 0 Å². The molecule has 4 saturated heterocycles. The van der Waals surface area contributed by atoms with Crippen molar-refractivity contribution >= 4 is 11.6 Å². The van der Waals surface area contributed by atoms with Gasteiger partial charge in [-0.25, -0.2) is 14.7 Å². The molecular weight excluding hydrogens is 235 g/mol. The number of hydrogen-bond acceptors (Lipinski definition) is 3. The minimum absolute atomic E-state index is 0. The first kappa shape index (κ1) is 11.6. The summed E-state index contributed by atoms with van der Waals surface area (Å²) in [5.74, 6) is 0. The van der Waals surface area contributed by atoms with Gasteiger partial charge < -0.3 is 12.4 Å². The van der Waals surface area contributed by atoms with Gasteiger partial charge in [-0.05, 0) is 0 Å². The predicted molar refractivity (Wildman–Crippen MR) is 54.8 cm³/mol. The molecule has 0 amide bonds. The molecular formula is C9H16Cl2N4. The van der Waals surface area contributed by atoms with Crippen LogP contribution < -0.4 is 12.4 Å². The molecule has 0 unspecified atom stereocenters. The van der Waals surface area contributed by atoms with Gasteiger partial charge in [-0.15, -0.1) is 0 Å². The molecule has 0 N–H and O–H groups in total. The maximum atomic E-state index is 5.95. The van der Waals surface area contributed by atoms with Gasteiger partial charge in [0.05, 0.1) is 25.0 Å². The standard InChI is InChI=1S/C9H16ClN4.ClH/c1-9(10)2-14-6-11-3-12(7-14)5-13(4-11)8-14;/h1-8H2;1H/q+1;/p-1. The molecule has 15 heavy (non-hydrogen) atoms. The molecule has 0 aliphatic carbocycles. The molecule has 4 nitrogen and oxygen atoms in total. The van der Waals surface area contributed by atoms with Crippen molar-refractivity contribution in [2.24, 2.45) is 0 Å². The van der Waals surface area contributed by atoms with Gasteiger partial charge in [0, 0.05) is 0 Å². The van der Waals surface area contributed by atoms with Crippen LogP contribution in [0.15, 0.2) is 11.6 Å². The summed E-state index contributed by atoms with van der Waals surface area (Å²) in [5, 5.41) is 0.788. The fourth-order valence-electron chi connectivity index (χ4n) is 3.17. The average Bonchev–Trinajstić information content (AvgIpc) is 1.96. The zero-order valence-corrected chi connectivity index (χ0v) is 10.2. The Balaban J connectivity index is 0.000000853. The van der Waals surface area contributed by atoms with Gasteiger partial charge in [0.25, 0.3) is 0 Å². The Morgan fingerprint density at radius 1 is 1.07 bits per heavy atom. The molecule has 4 fully saturated rings. The van der Waals surface area contributed by atoms with E-state index in [1.54, 1.807) is 0 Å². The van der Waals surface area contributed by atoms with Crippen molar-refractivity contribution in [3.05, 3.63) is 11.6 Å². The quantitative estimate of drug-likeness (QED) is 0.493. The first-order chi connectivity index (χ1) is 6.65. The molecule has 6 heteroatoms. The van der Waals surface area contributed by atoms with E-state index in [9.17, 15) is 0 Å². The molecule has 0 aromatic carbocycles. The molecule has 0 atom stereocenters. The van der Waals surface area contributed by atoms with Crippen LogP contribution in [0.2, 0.25) is 0 Å². The Bertz CT molecular complexity index is 246. The molecule has 0 spiro atoms. The van der Waals surface area contributed by atoms with Crippen LogP contribution >= 0.6 is 11.6 Å². The highest BCUT2D eigenvalue weighted by Crippen LogP contribution is 2.29. The molecule has 4 rings (SSSR count). The normalized spacial score (nSPS) is 46.3. The molecule has 0 saturated carbocycles. The Hall–Kier alpha value is 0.160. The van der Waals surface area contributed by atoms with Crippen LogP contribution in [0.4, 0.5) is 0 Å². The van der Waals surface area contributed by atoms with E-state index in [1.807, 2.05) is 0 Å². The Kier molecular flexibility index (Phi) is 3.01. The van der Waals surface area contributed by atoms with E-state index in [0.717, 1.165) is 56.1 Å². The Morgan fingerprint density at radius 2 is 1.47 bits per heavy atom. The summed E-state index contributed by atoms with van der Waals surface area (Å²) in [7, 11) is 0. The fraction of sp³-hybridized carbons (Fsp3) is 0.778. The number of rotatable bonds is 2. The zero-order valence-electron chi connectivity index (χ0n) is 8.70. The smallest absolute Gasteiger partial charge is 0.139 e. The third-order valence-electron chi connectivity index (χ3n) is 3.21. The van der Waals surface area contributed by atoms with Crippen molar-refractivity contribution in [3.8, 4) is 0 Å². The fourth-order valence-corrected chi connectivity index (χ4v) is 3.43. The lowest BCUT2D eigenvalue weighted by atomic mass is 10.3. The summed E-state index contributed by atoms with van der Waals surface area (Å²) in [4.78, 5) is 7.45. The summed E-state index contributed by atoms with van der Waals surface area (Å²) in [6.07, 6.45) is 0. The van der Waals surface area contributed by atoms with E-state index in [4.69, 9.17) is 11.6 Å². The van der Waals surface area contributed by atoms with Crippen molar-refractivity contribution in [2.75, 3.05) is 46.6 Å². The molecule has 0 aromatic heterocycles. The van der Waals surface area contributed by atoms with E-state index in [-0.39, 0.29) is 12.4 Å². The lowest BCUT2D eigenvalue weighted by Gasteiger charge is -2.60. The van der Waals surface area contributed by atoms with Gasteiger partial charge in [-0.3, -0.25) is 4.48 Å². The largest absolute Gasteiger partial charge is 1.00 e. The van der Waals surface area contributed by atoms with Crippen LogP contribution in [0.1, 0.15) is 0 Å². The van der Waals surface area contributed by atoms with Gasteiger partial charge in [0.15, 0.2) is 0 Å². The Morgan fingerprint density at radius 3 is 1.80 bits per heavy atom. The maximum absolute atomic E-state index is 5.95. The molecule has 86 valence electrons. The minimum atomic E-state index is 0. The number of hydrogen-bond donors (Lipinski definition) is 0. The van der Waals surface area contributed by atoms with Crippen molar-refractivity contribution in [3.63, 3.8) is 0 Å². The van der Waals surface area contributed by atoms with Crippen molar-refractivity contribution in [1.29, 1.82) is 0 Å². The molecule has 4 aliphatic heterocycles. The van der Waals surface area contributed by atoms with Gasteiger partial charge in [0.2, 0.25) is 0 Å². The third kappa shape index (κ3) is 2.02. The van der Waals surface area contributed by atoms with E-state index in [1.165, 1.54) is 0 Å². The van der Waals surface area contributed by atoms with Gasteiger partial charge in [-0.1, -0.05) is 18.2 Å². The third-order valence-corrected chi connectivity index (χ3v) is 3.33. The van der Waals surface area contributed by atoms with Crippen molar-refractivity contribution in [1.82, 2.24) is 14.7 Å². The van der Waals surface area contributed by atoms with Crippen LogP contribution in [-0.2, 0) is 0 Å². The van der Waals surface area contributed by atoms with Crippen LogP contribution in [0, 0.1) is 0 Å².